The predicted molar refractivity (Wildman–Crippen MR) is 238 cm³/mol. The largest absolute Gasteiger partial charge is 0.497 e. The first kappa shape index (κ1) is 45.9. The van der Waals surface area contributed by atoms with E-state index in [0.29, 0.717) is 30.2 Å². The molecule has 13 nitrogen and oxygen atoms in total. The second-order valence-electron chi connectivity index (χ2n) is 16.6. The van der Waals surface area contributed by atoms with E-state index in [2.05, 4.69) is 15.4 Å². The lowest BCUT2D eigenvalue weighted by Crippen LogP contribution is -2.39. The summed E-state index contributed by atoms with van der Waals surface area (Å²) in [5.41, 5.74) is -2.00. The van der Waals surface area contributed by atoms with E-state index in [0.717, 1.165) is 25.7 Å². The van der Waals surface area contributed by atoms with Gasteiger partial charge in [-0.2, -0.15) is 5.10 Å². The fourth-order valence-electron chi connectivity index (χ4n) is 7.58. The molecule has 0 aliphatic heterocycles. The minimum Gasteiger partial charge on any atom is -0.497 e. The van der Waals surface area contributed by atoms with Gasteiger partial charge in [-0.3, -0.25) is 14.0 Å². The number of aromatic nitrogens is 5. The third kappa shape index (κ3) is 9.53. The molecule has 344 valence electrons. The predicted octanol–water partition coefficient (Wildman–Crippen LogP) is 9.45. The van der Waals surface area contributed by atoms with Crippen molar-refractivity contribution >= 4 is 55.5 Å². The van der Waals surface area contributed by atoms with Crippen molar-refractivity contribution in [3.05, 3.63) is 141 Å². The number of alkyl carbamates (subject to hydrolysis) is 1. The maximum Gasteiger partial charge on any atom is 0.408 e. The summed E-state index contributed by atoms with van der Waals surface area (Å²) in [6.07, 6.45) is -3.87. The lowest BCUT2D eigenvalue weighted by atomic mass is 10.0. The highest BCUT2D eigenvalue weighted by atomic mass is 35.5. The molecule has 1 aliphatic rings. The molecule has 0 radical (unpaired) electrons. The molecule has 0 unspecified atom stereocenters. The van der Waals surface area contributed by atoms with Gasteiger partial charge >= 0.3 is 6.09 Å². The third-order valence-electron chi connectivity index (χ3n) is 10.6. The number of nitrogens with one attached hydrogen (secondary N) is 1. The van der Waals surface area contributed by atoms with Crippen molar-refractivity contribution in [3.63, 3.8) is 0 Å². The summed E-state index contributed by atoms with van der Waals surface area (Å²) in [5.74, 6) is -2.70. The Balaban J connectivity index is 1.43. The molecule has 1 N–H and O–H groups in total. The van der Waals surface area contributed by atoms with Gasteiger partial charge in [-0.1, -0.05) is 35.9 Å². The van der Waals surface area contributed by atoms with Gasteiger partial charge in [0.05, 0.1) is 57.6 Å². The van der Waals surface area contributed by atoms with Crippen molar-refractivity contribution in [1.29, 1.82) is 0 Å². The molecule has 1 atom stereocenters. The highest BCUT2D eigenvalue weighted by molar-refractivity contribution is 7.93. The number of methoxy groups -OCH3 is 1. The molecule has 1 saturated carbocycles. The topological polar surface area (TPSA) is 151 Å². The summed E-state index contributed by atoms with van der Waals surface area (Å²) in [5, 5.41) is 5.95. The number of amides is 1. The van der Waals surface area contributed by atoms with E-state index >= 15 is 9.18 Å². The summed E-state index contributed by atoms with van der Waals surface area (Å²) >= 11 is 6.93. The number of alkyl halides is 2. The van der Waals surface area contributed by atoms with E-state index in [-0.39, 0.29) is 67.7 Å². The summed E-state index contributed by atoms with van der Waals surface area (Å²) < 4.78 is 116. The van der Waals surface area contributed by atoms with Gasteiger partial charge in [0.1, 0.15) is 41.2 Å². The smallest absolute Gasteiger partial charge is 0.408 e. The zero-order valence-electron chi connectivity index (χ0n) is 35.7. The van der Waals surface area contributed by atoms with Crippen molar-refractivity contribution in [1.82, 2.24) is 29.6 Å². The number of benzene rings is 4. The first-order valence-corrected chi connectivity index (χ1v) is 22.4. The summed E-state index contributed by atoms with van der Waals surface area (Å²) in [6, 6.07) is 18.8. The fourth-order valence-corrected chi connectivity index (χ4v) is 9.61. The van der Waals surface area contributed by atoms with Crippen molar-refractivity contribution in [3.8, 4) is 22.7 Å². The first-order valence-electron chi connectivity index (χ1n) is 20.6. The van der Waals surface area contributed by atoms with Gasteiger partial charge in [0.25, 0.3) is 12.0 Å². The molecule has 1 aliphatic carbocycles. The number of carbonyl (C=O) groups is 1. The molecular weight excluding hydrogens is 909 g/mol. The second-order valence-corrected chi connectivity index (χ2v) is 19.2. The van der Waals surface area contributed by atoms with Gasteiger partial charge in [-0.05, 0) is 105 Å². The zero-order valence-corrected chi connectivity index (χ0v) is 37.3. The number of halogens is 6. The van der Waals surface area contributed by atoms with E-state index < -0.39 is 75.4 Å². The van der Waals surface area contributed by atoms with E-state index in [4.69, 9.17) is 26.1 Å². The van der Waals surface area contributed by atoms with E-state index in [1.807, 2.05) is 0 Å². The fraction of sp³-hybridized carbons (Fsp3) is 0.283. The Morgan fingerprint density at radius 2 is 1.64 bits per heavy atom. The average molecular weight is 950 g/mol. The quantitative estimate of drug-likeness (QED) is 0.105. The van der Waals surface area contributed by atoms with Gasteiger partial charge in [0, 0.05) is 18.1 Å². The van der Waals surface area contributed by atoms with E-state index in [1.54, 1.807) is 51.1 Å². The van der Waals surface area contributed by atoms with Crippen LogP contribution in [0.3, 0.4) is 0 Å². The first-order chi connectivity index (χ1) is 31.3. The Kier molecular flexibility index (Phi) is 12.5. The number of carbonyl (C=O) groups excluding carboxylic acids is 1. The Morgan fingerprint density at radius 1 is 0.939 bits per heavy atom. The Hall–Kier alpha value is -6.60. The van der Waals surface area contributed by atoms with Crippen LogP contribution in [0, 0.1) is 17.5 Å². The van der Waals surface area contributed by atoms with Crippen molar-refractivity contribution < 1.29 is 44.6 Å². The Bertz CT molecular complexity index is 3160. The minimum absolute atomic E-state index is 0.00624. The SMILES string of the molecule is COc1ccc(CN(c2nn(CC(F)F)c3c(-n4c([C@H](Cc5cc(F)cc(F)c5)NC(=O)OC(C)(C)C)nc5nc(-c6ccccc6F)ccc5c4=O)ccc(Cl)c23)S(=O)(=O)C2CC2)cc1. The van der Waals surface area contributed by atoms with Gasteiger partial charge < -0.3 is 14.8 Å². The number of rotatable bonds is 14. The van der Waals surface area contributed by atoms with E-state index in [9.17, 15) is 30.8 Å². The molecule has 66 heavy (non-hydrogen) atoms. The molecule has 0 bridgehead atoms. The van der Waals surface area contributed by atoms with Crippen molar-refractivity contribution in [2.75, 3.05) is 11.4 Å². The number of ether oxygens (including phenoxy) is 2. The summed E-state index contributed by atoms with van der Waals surface area (Å²) in [4.78, 5) is 38.2. The third-order valence-corrected chi connectivity index (χ3v) is 13.1. The van der Waals surface area contributed by atoms with Crippen LogP contribution in [-0.4, -0.2) is 63.2 Å². The van der Waals surface area contributed by atoms with Crippen LogP contribution in [0.1, 0.15) is 56.6 Å². The maximum absolute atomic E-state index is 15.2. The number of anilines is 1. The van der Waals surface area contributed by atoms with Gasteiger partial charge in [0.2, 0.25) is 10.0 Å². The van der Waals surface area contributed by atoms with Crippen LogP contribution in [0.5, 0.6) is 5.75 Å². The average Bonchev–Trinajstić information content (AvgIpc) is 4.05. The molecule has 3 heterocycles. The van der Waals surface area contributed by atoms with E-state index in [1.165, 1.54) is 49.6 Å². The van der Waals surface area contributed by atoms with Crippen LogP contribution in [-0.2, 0) is 34.3 Å². The number of hydrogen-bond donors (Lipinski definition) is 1. The lowest BCUT2D eigenvalue weighted by Gasteiger charge is -2.26. The number of fused-ring (bicyclic) bond motifs is 2. The van der Waals surface area contributed by atoms with Crippen LogP contribution < -0.4 is 19.9 Å². The molecule has 4 aromatic carbocycles. The number of hydrogen-bond acceptors (Lipinski definition) is 9. The summed E-state index contributed by atoms with van der Waals surface area (Å²) in [6.45, 7) is 3.37. The number of nitrogens with zero attached hydrogens (tertiary/aromatic N) is 6. The molecule has 0 spiro atoms. The Morgan fingerprint density at radius 3 is 2.27 bits per heavy atom. The van der Waals surface area contributed by atoms with Gasteiger partial charge in [-0.15, -0.1) is 0 Å². The second kappa shape index (κ2) is 18.0. The lowest BCUT2D eigenvalue weighted by molar-refractivity contribution is 0.0500. The molecule has 1 fully saturated rings. The molecular formula is C46H41ClF5N7O6S. The minimum atomic E-state index is -4.21. The maximum atomic E-state index is 15.2. The highest BCUT2D eigenvalue weighted by Crippen LogP contribution is 2.42. The molecule has 0 saturated heterocycles. The van der Waals surface area contributed by atoms with Crippen LogP contribution in [0.15, 0.2) is 95.8 Å². The standard InChI is InChI=1S/C46H41ClF5N7O6S/c1-46(2,3)65-45(61)54-36(21-26-19-27(48)22-28(49)20-26)42-55-41-32(15-17-35(53-41)31-7-5-6-8-34(31)50)44(60)59(42)37-18-16-33(47)39-40(37)57(24-38(51)52)56-43(39)58(66(62,63)30-13-14-30)23-25-9-11-29(64-4)12-10-25/h5-12,15-20,22,30,36,38H,13-14,21,23-24H2,1-4H3,(H,54,61)/t36-/m0/s1. The zero-order chi connectivity index (χ0) is 47.2. The van der Waals surface area contributed by atoms with Crippen LogP contribution in [0.2, 0.25) is 5.02 Å². The molecule has 3 aromatic heterocycles. The summed E-state index contributed by atoms with van der Waals surface area (Å²) in [7, 11) is -2.74. The van der Waals surface area contributed by atoms with Gasteiger partial charge in [-0.25, -0.2) is 49.4 Å². The van der Waals surface area contributed by atoms with Crippen molar-refractivity contribution in [2.24, 2.45) is 0 Å². The molecule has 1 amide bonds. The Labute approximate surface area is 379 Å². The van der Waals surface area contributed by atoms with Crippen LogP contribution >= 0.6 is 11.6 Å². The van der Waals surface area contributed by atoms with Gasteiger partial charge in [0.15, 0.2) is 11.5 Å². The monoisotopic (exact) mass is 949 g/mol. The van der Waals surface area contributed by atoms with Crippen molar-refractivity contribution in [2.45, 2.75) is 76.4 Å². The molecule has 8 rings (SSSR count). The molecule has 7 aromatic rings. The molecule has 20 heteroatoms. The van der Waals surface area contributed by atoms with Crippen LogP contribution in [0.4, 0.5) is 32.6 Å². The number of pyridine rings is 1. The van der Waals surface area contributed by atoms with Crippen LogP contribution in [0.25, 0.3) is 38.9 Å². The highest BCUT2D eigenvalue weighted by Gasteiger charge is 2.42. The number of sulfonamides is 1. The normalized spacial score (nSPS) is 13.6.